The molecule has 0 spiro atoms. The van der Waals surface area contributed by atoms with E-state index in [9.17, 15) is 4.79 Å². The van der Waals surface area contributed by atoms with Crippen LogP contribution in [-0.4, -0.2) is 57.6 Å². The summed E-state index contributed by atoms with van der Waals surface area (Å²) in [5.74, 6) is 0.929. The minimum absolute atomic E-state index is 0.175. The van der Waals surface area contributed by atoms with Crippen molar-refractivity contribution in [3.8, 4) is 11.4 Å². The van der Waals surface area contributed by atoms with E-state index in [1.54, 1.807) is 7.11 Å². The molecule has 27 heavy (non-hydrogen) atoms. The number of ether oxygens (including phenoxy) is 1. The zero-order valence-corrected chi connectivity index (χ0v) is 17.3. The molecular weight excluding hydrogens is 384 g/mol. The molecule has 2 aromatic rings. The first-order valence-electron chi connectivity index (χ1n) is 9.23. The lowest BCUT2D eigenvalue weighted by atomic mass is 10.1. The summed E-state index contributed by atoms with van der Waals surface area (Å²) in [5, 5.41) is 9.92. The van der Waals surface area contributed by atoms with Crippen molar-refractivity contribution in [2.24, 2.45) is 0 Å². The van der Waals surface area contributed by atoms with Gasteiger partial charge in [-0.1, -0.05) is 23.4 Å². The Morgan fingerprint density at radius 1 is 1.22 bits per heavy atom. The first-order chi connectivity index (χ1) is 13.1. The van der Waals surface area contributed by atoms with E-state index in [1.165, 1.54) is 18.2 Å². The van der Waals surface area contributed by atoms with Crippen LogP contribution in [0.2, 0.25) is 5.02 Å². The van der Waals surface area contributed by atoms with Crippen LogP contribution >= 0.6 is 23.4 Å². The zero-order chi connectivity index (χ0) is 19.2. The Kier molecular flexibility index (Phi) is 7.15. The molecule has 2 heterocycles. The topological polar surface area (TPSA) is 60.2 Å². The van der Waals surface area contributed by atoms with E-state index in [2.05, 4.69) is 10.2 Å². The number of likely N-dealkylation sites (tertiary alicyclic amines) is 1. The molecule has 1 atom stereocenters. The number of rotatable bonds is 7. The second kappa shape index (κ2) is 9.57. The maximum atomic E-state index is 12.8. The lowest BCUT2D eigenvalue weighted by molar-refractivity contribution is -0.131. The predicted molar refractivity (Wildman–Crippen MR) is 108 cm³/mol. The second-order valence-electron chi connectivity index (χ2n) is 6.60. The maximum absolute atomic E-state index is 12.8. The van der Waals surface area contributed by atoms with Gasteiger partial charge in [0.2, 0.25) is 5.91 Å². The number of amides is 1. The smallest absolute Gasteiger partial charge is 0.235 e. The first-order valence-corrected chi connectivity index (χ1v) is 10.5. The molecule has 0 N–H and O–H groups in total. The van der Waals surface area contributed by atoms with Gasteiger partial charge in [-0.25, -0.2) is 0 Å². The minimum atomic E-state index is -0.202. The molecule has 8 heteroatoms. The number of methoxy groups -OCH3 is 1. The highest BCUT2D eigenvalue weighted by molar-refractivity contribution is 8.00. The fourth-order valence-electron chi connectivity index (χ4n) is 3.15. The van der Waals surface area contributed by atoms with Gasteiger partial charge in [0.1, 0.15) is 0 Å². The van der Waals surface area contributed by atoms with Gasteiger partial charge in [-0.15, -0.1) is 10.2 Å². The van der Waals surface area contributed by atoms with Crippen molar-refractivity contribution in [3.05, 3.63) is 29.3 Å². The number of piperidine rings is 1. The number of nitrogens with zero attached hydrogens (tertiary/aromatic N) is 4. The Morgan fingerprint density at radius 3 is 2.59 bits per heavy atom. The van der Waals surface area contributed by atoms with Gasteiger partial charge in [0, 0.05) is 30.8 Å². The van der Waals surface area contributed by atoms with E-state index in [0.29, 0.717) is 18.2 Å². The normalized spacial score (nSPS) is 15.7. The number of carbonyl (C=O) groups is 1. The quantitative estimate of drug-likeness (QED) is 0.653. The van der Waals surface area contributed by atoms with Crippen molar-refractivity contribution in [3.63, 3.8) is 0 Å². The fraction of sp³-hybridized carbons (Fsp3) is 0.526. The van der Waals surface area contributed by atoms with Gasteiger partial charge in [0.25, 0.3) is 0 Å². The largest absolute Gasteiger partial charge is 0.383 e. The van der Waals surface area contributed by atoms with Crippen molar-refractivity contribution in [1.29, 1.82) is 0 Å². The van der Waals surface area contributed by atoms with E-state index in [4.69, 9.17) is 16.3 Å². The van der Waals surface area contributed by atoms with E-state index in [-0.39, 0.29) is 11.2 Å². The maximum Gasteiger partial charge on any atom is 0.235 e. The fourth-order valence-corrected chi connectivity index (χ4v) is 4.24. The molecule has 1 saturated heterocycles. The van der Waals surface area contributed by atoms with Crippen LogP contribution in [0.4, 0.5) is 0 Å². The van der Waals surface area contributed by atoms with Gasteiger partial charge in [-0.3, -0.25) is 9.36 Å². The Labute approximate surface area is 169 Å². The van der Waals surface area contributed by atoms with Gasteiger partial charge >= 0.3 is 0 Å². The molecule has 0 radical (unpaired) electrons. The zero-order valence-electron chi connectivity index (χ0n) is 15.7. The summed E-state index contributed by atoms with van der Waals surface area (Å²) in [6.45, 7) is 4.82. The van der Waals surface area contributed by atoms with E-state index in [1.807, 2.05) is 40.7 Å². The third-order valence-corrected chi connectivity index (χ3v) is 5.96. The van der Waals surface area contributed by atoms with Crippen molar-refractivity contribution in [2.75, 3.05) is 26.8 Å². The van der Waals surface area contributed by atoms with Gasteiger partial charge in [-0.05, 0) is 50.5 Å². The molecule has 1 aliphatic heterocycles. The third kappa shape index (κ3) is 5.03. The number of aromatic nitrogens is 3. The Bertz CT molecular complexity index is 760. The van der Waals surface area contributed by atoms with Gasteiger partial charge < -0.3 is 9.64 Å². The molecule has 0 aliphatic carbocycles. The summed E-state index contributed by atoms with van der Waals surface area (Å²) < 4.78 is 7.26. The highest BCUT2D eigenvalue weighted by Crippen LogP contribution is 2.28. The molecule has 0 bridgehead atoms. The summed E-state index contributed by atoms with van der Waals surface area (Å²) in [6.07, 6.45) is 3.39. The van der Waals surface area contributed by atoms with Crippen LogP contribution in [0.5, 0.6) is 0 Å². The Morgan fingerprint density at radius 2 is 1.93 bits per heavy atom. The molecule has 0 saturated carbocycles. The summed E-state index contributed by atoms with van der Waals surface area (Å²) in [5.41, 5.74) is 0.935. The lowest BCUT2D eigenvalue weighted by Gasteiger charge is -2.28. The molecular formula is C19H25ClN4O2S. The van der Waals surface area contributed by atoms with Crippen LogP contribution < -0.4 is 0 Å². The molecule has 146 valence electrons. The number of hydrogen-bond donors (Lipinski definition) is 0. The molecule has 1 amide bonds. The van der Waals surface area contributed by atoms with Crippen LogP contribution in [0.3, 0.4) is 0 Å². The Balaban J connectivity index is 1.79. The average Bonchev–Trinajstić information content (AvgIpc) is 3.09. The third-order valence-electron chi connectivity index (χ3n) is 4.64. The van der Waals surface area contributed by atoms with Crippen molar-refractivity contribution < 1.29 is 9.53 Å². The minimum Gasteiger partial charge on any atom is -0.383 e. The molecule has 1 aromatic carbocycles. The van der Waals surface area contributed by atoms with Crippen LogP contribution in [0.1, 0.15) is 26.2 Å². The van der Waals surface area contributed by atoms with E-state index in [0.717, 1.165) is 42.5 Å². The summed E-state index contributed by atoms with van der Waals surface area (Å²) in [7, 11) is 1.67. The standard InChI is InChI=1S/C19H25ClN4O2S/c1-14(18(25)23-10-4-3-5-11-23)27-19-22-21-17(24(19)12-13-26-2)15-6-8-16(20)9-7-15/h6-9,14H,3-5,10-13H2,1-2H3/t14-/m1/s1. The lowest BCUT2D eigenvalue weighted by Crippen LogP contribution is -2.40. The van der Waals surface area contributed by atoms with Gasteiger partial charge in [0.15, 0.2) is 11.0 Å². The first kappa shape index (κ1) is 20.2. The van der Waals surface area contributed by atoms with Crippen LogP contribution in [-0.2, 0) is 16.1 Å². The van der Waals surface area contributed by atoms with Gasteiger partial charge in [0.05, 0.1) is 18.4 Å². The van der Waals surface area contributed by atoms with Crippen LogP contribution in [0, 0.1) is 0 Å². The monoisotopic (exact) mass is 408 g/mol. The van der Waals surface area contributed by atoms with Crippen molar-refractivity contribution in [1.82, 2.24) is 19.7 Å². The number of hydrogen-bond acceptors (Lipinski definition) is 5. The summed E-state index contributed by atoms with van der Waals surface area (Å²) >= 11 is 7.45. The number of thioether (sulfide) groups is 1. The summed E-state index contributed by atoms with van der Waals surface area (Å²) in [4.78, 5) is 14.7. The van der Waals surface area contributed by atoms with Gasteiger partial charge in [-0.2, -0.15) is 0 Å². The number of benzene rings is 1. The highest BCUT2D eigenvalue weighted by atomic mass is 35.5. The molecule has 0 unspecified atom stereocenters. The highest BCUT2D eigenvalue weighted by Gasteiger charge is 2.25. The van der Waals surface area contributed by atoms with Crippen molar-refractivity contribution in [2.45, 2.75) is 43.1 Å². The predicted octanol–water partition coefficient (Wildman–Crippen LogP) is 3.74. The summed E-state index contributed by atoms with van der Waals surface area (Å²) in [6, 6.07) is 7.52. The second-order valence-corrected chi connectivity index (χ2v) is 8.35. The number of carbonyl (C=O) groups excluding carboxylic acids is 1. The number of halogens is 1. The average molecular weight is 409 g/mol. The molecule has 3 rings (SSSR count). The SMILES string of the molecule is COCCn1c(S[C@H](C)C(=O)N2CCCCC2)nnc1-c1ccc(Cl)cc1. The Hall–Kier alpha value is -1.57. The molecule has 6 nitrogen and oxygen atoms in total. The van der Waals surface area contributed by atoms with Crippen LogP contribution in [0.25, 0.3) is 11.4 Å². The van der Waals surface area contributed by atoms with Crippen LogP contribution in [0.15, 0.2) is 29.4 Å². The molecule has 1 fully saturated rings. The van der Waals surface area contributed by atoms with Crippen molar-refractivity contribution >= 4 is 29.3 Å². The molecule has 1 aliphatic rings. The molecule has 1 aromatic heterocycles. The van der Waals surface area contributed by atoms with E-state index >= 15 is 0 Å². The van der Waals surface area contributed by atoms with E-state index < -0.39 is 0 Å².